The maximum absolute atomic E-state index is 12.3. The highest BCUT2D eigenvalue weighted by molar-refractivity contribution is 6.01. The molecule has 0 fully saturated rings. The normalized spacial score (nSPS) is 12.3. The molecule has 1 rings (SSSR count). The molecule has 0 radical (unpaired) electrons. The van der Waals surface area contributed by atoms with Gasteiger partial charge in [-0.05, 0) is 24.0 Å². The predicted molar refractivity (Wildman–Crippen MR) is 77.6 cm³/mol. The van der Waals surface area contributed by atoms with Crippen molar-refractivity contribution >= 4 is 5.78 Å². The molecular formula is C16H25NO2. The highest BCUT2D eigenvalue weighted by Crippen LogP contribution is 2.26. The Morgan fingerprint density at radius 2 is 1.84 bits per heavy atom. The van der Waals surface area contributed by atoms with Crippen LogP contribution in [0.5, 0.6) is 5.88 Å². The van der Waals surface area contributed by atoms with Crippen molar-refractivity contribution in [1.82, 2.24) is 4.98 Å². The largest absolute Gasteiger partial charge is 0.477 e. The Hall–Kier alpha value is -1.38. The standard InChI is InChI=1S/C16H25NO2/c1-15(2,3)9-11-19-14-12(8-7-10-17-14)13(18)16(4,5)6/h7-8,10H,9,11H2,1-6H3. The third-order valence-electron chi connectivity index (χ3n) is 2.79. The van der Waals surface area contributed by atoms with Crippen molar-refractivity contribution in [3.05, 3.63) is 23.9 Å². The lowest BCUT2D eigenvalue weighted by Crippen LogP contribution is -2.22. The summed E-state index contributed by atoms with van der Waals surface area (Å²) >= 11 is 0. The van der Waals surface area contributed by atoms with Crippen molar-refractivity contribution in [1.29, 1.82) is 0 Å². The summed E-state index contributed by atoms with van der Waals surface area (Å²) in [6.45, 7) is 12.8. The van der Waals surface area contributed by atoms with Crippen LogP contribution < -0.4 is 4.74 Å². The summed E-state index contributed by atoms with van der Waals surface area (Å²) in [5.41, 5.74) is 0.359. The van der Waals surface area contributed by atoms with Crippen LogP contribution in [-0.2, 0) is 0 Å². The van der Waals surface area contributed by atoms with Crippen LogP contribution in [0, 0.1) is 10.8 Å². The van der Waals surface area contributed by atoms with Gasteiger partial charge in [-0.15, -0.1) is 0 Å². The van der Waals surface area contributed by atoms with E-state index in [0.717, 1.165) is 6.42 Å². The van der Waals surface area contributed by atoms with Crippen LogP contribution in [0.4, 0.5) is 0 Å². The number of ether oxygens (including phenoxy) is 1. The van der Waals surface area contributed by atoms with Crippen molar-refractivity contribution in [3.63, 3.8) is 0 Å². The SMILES string of the molecule is CC(C)(C)CCOc1ncccc1C(=O)C(C)(C)C. The van der Waals surface area contributed by atoms with E-state index in [-0.39, 0.29) is 11.2 Å². The zero-order chi connectivity index (χ0) is 14.7. The number of ketones is 1. The van der Waals surface area contributed by atoms with Crippen LogP contribution in [0.25, 0.3) is 0 Å². The molecule has 0 saturated carbocycles. The van der Waals surface area contributed by atoms with E-state index in [1.807, 2.05) is 20.8 Å². The summed E-state index contributed by atoms with van der Waals surface area (Å²) in [5.74, 6) is 0.512. The molecule has 0 N–H and O–H groups in total. The molecule has 0 aromatic carbocycles. The smallest absolute Gasteiger partial charge is 0.224 e. The lowest BCUT2D eigenvalue weighted by Gasteiger charge is -2.20. The Morgan fingerprint density at radius 3 is 2.37 bits per heavy atom. The zero-order valence-electron chi connectivity index (χ0n) is 12.9. The lowest BCUT2D eigenvalue weighted by atomic mass is 9.87. The first-order valence-electron chi connectivity index (χ1n) is 6.74. The molecular weight excluding hydrogens is 238 g/mol. The van der Waals surface area contributed by atoms with E-state index in [4.69, 9.17) is 4.74 Å². The zero-order valence-corrected chi connectivity index (χ0v) is 12.9. The number of hydrogen-bond donors (Lipinski definition) is 0. The molecule has 0 bridgehead atoms. The monoisotopic (exact) mass is 263 g/mol. The number of carbonyl (C=O) groups excluding carboxylic acids is 1. The molecule has 106 valence electrons. The fourth-order valence-corrected chi connectivity index (χ4v) is 1.54. The molecule has 0 aliphatic carbocycles. The number of aromatic nitrogens is 1. The molecule has 0 amide bonds. The number of hydrogen-bond acceptors (Lipinski definition) is 3. The number of rotatable bonds is 4. The van der Waals surface area contributed by atoms with E-state index in [2.05, 4.69) is 25.8 Å². The average Bonchev–Trinajstić information content (AvgIpc) is 2.26. The van der Waals surface area contributed by atoms with Crippen molar-refractivity contribution in [2.24, 2.45) is 10.8 Å². The second-order valence-electron chi connectivity index (χ2n) is 7.09. The molecule has 0 spiro atoms. The molecule has 0 aliphatic rings. The summed E-state index contributed by atoms with van der Waals surface area (Å²) in [5, 5.41) is 0. The highest BCUT2D eigenvalue weighted by atomic mass is 16.5. The second-order valence-corrected chi connectivity index (χ2v) is 7.09. The van der Waals surface area contributed by atoms with Crippen molar-refractivity contribution in [2.45, 2.75) is 48.0 Å². The van der Waals surface area contributed by atoms with Crippen molar-refractivity contribution in [3.8, 4) is 5.88 Å². The number of pyridine rings is 1. The topological polar surface area (TPSA) is 39.2 Å². The van der Waals surface area contributed by atoms with E-state index >= 15 is 0 Å². The Bertz CT molecular complexity index is 439. The average molecular weight is 263 g/mol. The van der Waals surface area contributed by atoms with Gasteiger partial charge in [-0.25, -0.2) is 4.98 Å². The summed E-state index contributed by atoms with van der Waals surface area (Å²) < 4.78 is 5.70. The summed E-state index contributed by atoms with van der Waals surface area (Å²) in [4.78, 5) is 16.5. The minimum absolute atomic E-state index is 0.0614. The van der Waals surface area contributed by atoms with Crippen molar-refractivity contribution < 1.29 is 9.53 Å². The first-order chi connectivity index (χ1) is 8.61. The van der Waals surface area contributed by atoms with Gasteiger partial charge < -0.3 is 4.74 Å². The molecule has 3 heteroatoms. The molecule has 3 nitrogen and oxygen atoms in total. The van der Waals surface area contributed by atoms with E-state index in [1.165, 1.54) is 0 Å². The molecule has 0 atom stereocenters. The number of carbonyl (C=O) groups is 1. The highest BCUT2D eigenvalue weighted by Gasteiger charge is 2.26. The van der Waals surface area contributed by atoms with Gasteiger partial charge in [-0.1, -0.05) is 41.5 Å². The number of Topliss-reactive ketones (excluding diaryl/α,β-unsaturated/α-hetero) is 1. The maximum atomic E-state index is 12.3. The second kappa shape index (κ2) is 5.72. The van der Waals surface area contributed by atoms with Gasteiger partial charge in [0, 0.05) is 11.6 Å². The van der Waals surface area contributed by atoms with Gasteiger partial charge in [0.15, 0.2) is 5.78 Å². The lowest BCUT2D eigenvalue weighted by molar-refractivity contribution is 0.0852. The predicted octanol–water partition coefficient (Wildman–Crippen LogP) is 4.13. The quantitative estimate of drug-likeness (QED) is 0.767. The van der Waals surface area contributed by atoms with Crippen LogP contribution in [-0.4, -0.2) is 17.4 Å². The minimum Gasteiger partial charge on any atom is -0.477 e. The molecule has 0 aliphatic heterocycles. The maximum Gasteiger partial charge on any atom is 0.224 e. The fraction of sp³-hybridized carbons (Fsp3) is 0.625. The first-order valence-corrected chi connectivity index (χ1v) is 6.74. The molecule has 1 aromatic heterocycles. The molecule has 0 unspecified atom stereocenters. The van der Waals surface area contributed by atoms with Gasteiger partial charge in [-0.3, -0.25) is 4.79 Å². The summed E-state index contributed by atoms with van der Waals surface area (Å²) in [7, 11) is 0. The third kappa shape index (κ3) is 5.01. The van der Waals surface area contributed by atoms with E-state index in [9.17, 15) is 4.79 Å². The molecule has 1 aromatic rings. The minimum atomic E-state index is -0.425. The van der Waals surface area contributed by atoms with Crippen LogP contribution in [0.3, 0.4) is 0 Å². The number of nitrogens with zero attached hydrogens (tertiary/aromatic N) is 1. The van der Waals surface area contributed by atoms with Gasteiger partial charge in [0.1, 0.15) is 0 Å². The van der Waals surface area contributed by atoms with Crippen LogP contribution in [0.1, 0.15) is 58.3 Å². The molecule has 0 saturated heterocycles. The summed E-state index contributed by atoms with van der Waals surface area (Å²) in [6.07, 6.45) is 2.58. The van der Waals surface area contributed by atoms with Gasteiger partial charge in [-0.2, -0.15) is 0 Å². The van der Waals surface area contributed by atoms with Crippen LogP contribution >= 0.6 is 0 Å². The van der Waals surface area contributed by atoms with Crippen LogP contribution in [0.15, 0.2) is 18.3 Å². The molecule has 19 heavy (non-hydrogen) atoms. The third-order valence-corrected chi connectivity index (χ3v) is 2.79. The fourth-order valence-electron chi connectivity index (χ4n) is 1.54. The Kier molecular flexibility index (Phi) is 4.72. The van der Waals surface area contributed by atoms with E-state index < -0.39 is 5.41 Å². The summed E-state index contributed by atoms with van der Waals surface area (Å²) in [6, 6.07) is 3.56. The van der Waals surface area contributed by atoms with Crippen molar-refractivity contribution in [2.75, 3.05) is 6.61 Å². The molecule has 1 heterocycles. The Morgan fingerprint density at radius 1 is 1.21 bits per heavy atom. The van der Waals surface area contributed by atoms with Gasteiger partial charge in [0.25, 0.3) is 0 Å². The van der Waals surface area contributed by atoms with E-state index in [1.54, 1.807) is 18.3 Å². The Balaban J connectivity index is 2.83. The first kappa shape index (κ1) is 15.7. The van der Waals surface area contributed by atoms with Gasteiger partial charge in [0.05, 0.1) is 12.2 Å². The van der Waals surface area contributed by atoms with Gasteiger partial charge in [0.2, 0.25) is 5.88 Å². The van der Waals surface area contributed by atoms with Gasteiger partial charge >= 0.3 is 0 Å². The Labute approximate surface area is 116 Å². The van der Waals surface area contributed by atoms with Crippen LogP contribution in [0.2, 0.25) is 0 Å². The van der Waals surface area contributed by atoms with E-state index in [0.29, 0.717) is 18.1 Å².